The van der Waals surface area contributed by atoms with E-state index in [4.69, 9.17) is 9.72 Å². The second-order valence-corrected chi connectivity index (χ2v) is 8.84. The van der Waals surface area contributed by atoms with Crippen molar-refractivity contribution in [2.75, 3.05) is 19.6 Å². The normalized spacial score (nSPS) is 17.2. The summed E-state index contributed by atoms with van der Waals surface area (Å²) < 4.78 is 5.96. The molecule has 0 bridgehead atoms. The average molecular weight is 453 g/mol. The van der Waals surface area contributed by atoms with Crippen molar-refractivity contribution < 1.29 is 9.53 Å². The van der Waals surface area contributed by atoms with Gasteiger partial charge in [0, 0.05) is 68.1 Å². The van der Waals surface area contributed by atoms with E-state index < -0.39 is 0 Å². The van der Waals surface area contributed by atoms with Gasteiger partial charge in [0.05, 0.1) is 23.4 Å². The number of nitrogens with zero attached hydrogens (tertiary/aromatic N) is 5. The highest BCUT2D eigenvalue weighted by atomic mass is 16.5. The highest BCUT2D eigenvalue weighted by Crippen LogP contribution is 2.31. The Balaban J connectivity index is 1.13. The Labute approximate surface area is 196 Å². The maximum absolute atomic E-state index is 11.6. The molecule has 1 unspecified atom stereocenters. The fourth-order valence-electron chi connectivity index (χ4n) is 4.68. The molecule has 34 heavy (non-hydrogen) atoms. The molecule has 8 heteroatoms. The van der Waals surface area contributed by atoms with E-state index >= 15 is 0 Å². The summed E-state index contributed by atoms with van der Waals surface area (Å²) in [6.07, 6.45) is 5.68. The second-order valence-electron chi connectivity index (χ2n) is 8.84. The first-order valence-electron chi connectivity index (χ1n) is 11.3. The first-order valence-corrected chi connectivity index (χ1v) is 11.3. The lowest BCUT2D eigenvalue weighted by Gasteiger charge is -2.20. The summed E-state index contributed by atoms with van der Waals surface area (Å²) in [6, 6.07) is 15.7. The minimum atomic E-state index is 0.156. The number of benzene rings is 1. The molecule has 1 amide bonds. The summed E-state index contributed by atoms with van der Waals surface area (Å²) in [6.45, 7) is 4.93. The highest BCUT2D eigenvalue weighted by molar-refractivity contribution is 5.80. The van der Waals surface area contributed by atoms with Crippen molar-refractivity contribution in [2.45, 2.75) is 13.5 Å². The number of hydrogen-bond acceptors (Lipinski definition) is 6. The molecule has 0 spiro atoms. The number of aromatic amines is 1. The van der Waals surface area contributed by atoms with E-state index in [-0.39, 0.29) is 5.91 Å². The molecule has 1 saturated heterocycles. The van der Waals surface area contributed by atoms with E-state index in [9.17, 15) is 4.79 Å². The van der Waals surface area contributed by atoms with Crippen molar-refractivity contribution in [2.24, 2.45) is 5.92 Å². The third kappa shape index (κ3) is 3.98. The summed E-state index contributed by atoms with van der Waals surface area (Å²) in [5.74, 6) is 1.86. The largest absolute Gasteiger partial charge is 0.439 e. The number of likely N-dealkylation sites (tertiary alicyclic amines) is 1. The van der Waals surface area contributed by atoms with Crippen LogP contribution < -0.4 is 4.74 Å². The van der Waals surface area contributed by atoms with Gasteiger partial charge in [-0.15, -0.1) is 0 Å². The van der Waals surface area contributed by atoms with Crippen molar-refractivity contribution in [3.8, 4) is 22.9 Å². The number of aromatic nitrogens is 4. The van der Waals surface area contributed by atoms with Gasteiger partial charge in [0.15, 0.2) is 0 Å². The Hall–Kier alpha value is -4.20. The molecule has 1 fully saturated rings. The highest BCUT2D eigenvalue weighted by Gasteiger charge is 2.34. The molecule has 2 aliphatic rings. The zero-order valence-corrected chi connectivity index (χ0v) is 18.8. The van der Waals surface area contributed by atoms with Crippen LogP contribution in [0.1, 0.15) is 12.6 Å². The molecule has 0 aliphatic carbocycles. The maximum Gasteiger partial charge on any atom is 0.219 e. The zero-order valence-electron chi connectivity index (χ0n) is 18.8. The summed E-state index contributed by atoms with van der Waals surface area (Å²) in [5, 5.41) is 7.91. The van der Waals surface area contributed by atoms with Crippen LogP contribution in [0.4, 0.5) is 0 Å². The van der Waals surface area contributed by atoms with Crippen molar-refractivity contribution in [3.63, 3.8) is 0 Å². The number of H-pyrrole nitrogens is 1. The Morgan fingerprint density at radius 3 is 2.85 bits per heavy atom. The third-order valence-electron chi connectivity index (χ3n) is 6.44. The minimum Gasteiger partial charge on any atom is -0.439 e. The zero-order chi connectivity index (χ0) is 23.1. The number of ether oxygens (including phenoxy) is 1. The van der Waals surface area contributed by atoms with Crippen molar-refractivity contribution in [3.05, 3.63) is 78.4 Å². The molecule has 3 aromatic heterocycles. The maximum atomic E-state index is 11.6. The molecule has 6 rings (SSSR count). The number of carbonyl (C=O) groups excluding carboxylic acids is 1. The molecule has 5 heterocycles. The third-order valence-corrected chi connectivity index (χ3v) is 6.44. The number of nitrogens with one attached hydrogen (secondary N) is 1. The predicted molar refractivity (Wildman–Crippen MR) is 128 cm³/mol. The number of pyridine rings is 2. The lowest BCUT2D eigenvalue weighted by Crippen LogP contribution is -2.29. The number of rotatable bonds is 5. The monoisotopic (exact) mass is 452 g/mol. The lowest BCUT2D eigenvalue weighted by molar-refractivity contribution is -0.127. The van der Waals surface area contributed by atoms with Crippen LogP contribution >= 0.6 is 0 Å². The van der Waals surface area contributed by atoms with Crippen molar-refractivity contribution in [1.29, 1.82) is 0 Å². The number of carbonyl (C=O) groups is 1. The first kappa shape index (κ1) is 20.4. The van der Waals surface area contributed by atoms with Crippen LogP contribution in [-0.2, 0) is 11.3 Å². The van der Waals surface area contributed by atoms with E-state index in [2.05, 4.69) is 38.4 Å². The number of fused-ring (bicyclic) bond motifs is 2. The van der Waals surface area contributed by atoms with Crippen LogP contribution in [-0.4, -0.2) is 55.5 Å². The van der Waals surface area contributed by atoms with Gasteiger partial charge in [-0.3, -0.25) is 14.9 Å². The summed E-state index contributed by atoms with van der Waals surface area (Å²) in [4.78, 5) is 25.1. The van der Waals surface area contributed by atoms with Crippen LogP contribution in [0, 0.1) is 5.92 Å². The van der Waals surface area contributed by atoms with Gasteiger partial charge in [-0.05, 0) is 42.0 Å². The SMILES string of the molecule is CC(=O)N1CC2=CN(Cc3ccc4cc(Oc5ccc(-c6ccn[nH]6)cn5)ccc4n3)CC2C1. The molecular formula is C26H24N6O2. The van der Waals surface area contributed by atoms with E-state index in [1.807, 2.05) is 41.3 Å². The molecule has 1 aromatic carbocycles. The molecular weight excluding hydrogens is 428 g/mol. The Bertz CT molecular complexity index is 1380. The summed E-state index contributed by atoms with van der Waals surface area (Å²) in [7, 11) is 0. The molecule has 0 radical (unpaired) electrons. The van der Waals surface area contributed by atoms with Crippen LogP contribution in [0.2, 0.25) is 0 Å². The number of hydrogen-bond donors (Lipinski definition) is 1. The van der Waals surface area contributed by atoms with Gasteiger partial charge >= 0.3 is 0 Å². The smallest absolute Gasteiger partial charge is 0.219 e. The van der Waals surface area contributed by atoms with Crippen molar-refractivity contribution >= 4 is 16.8 Å². The quantitative estimate of drug-likeness (QED) is 0.493. The van der Waals surface area contributed by atoms with E-state index in [1.165, 1.54) is 5.57 Å². The minimum absolute atomic E-state index is 0.156. The summed E-state index contributed by atoms with van der Waals surface area (Å²) in [5.41, 5.74) is 5.18. The van der Waals surface area contributed by atoms with Crippen LogP contribution in [0.5, 0.6) is 11.6 Å². The molecule has 0 saturated carbocycles. The van der Waals surface area contributed by atoms with E-state index in [1.54, 1.807) is 19.3 Å². The first-order chi connectivity index (χ1) is 16.6. The topological polar surface area (TPSA) is 87.2 Å². The molecule has 2 aliphatic heterocycles. The average Bonchev–Trinajstić information content (AvgIpc) is 3.57. The van der Waals surface area contributed by atoms with Crippen LogP contribution in [0.25, 0.3) is 22.2 Å². The Morgan fingerprint density at radius 1 is 1.15 bits per heavy atom. The molecule has 1 N–H and O–H groups in total. The molecule has 1 atom stereocenters. The van der Waals surface area contributed by atoms with Gasteiger partial charge in [0.1, 0.15) is 5.75 Å². The van der Waals surface area contributed by atoms with Gasteiger partial charge in [0.2, 0.25) is 11.8 Å². The van der Waals surface area contributed by atoms with Crippen LogP contribution in [0.15, 0.2) is 72.7 Å². The van der Waals surface area contributed by atoms with Gasteiger partial charge in [-0.25, -0.2) is 4.98 Å². The summed E-state index contributed by atoms with van der Waals surface area (Å²) >= 11 is 0. The van der Waals surface area contributed by atoms with Gasteiger partial charge in [0.25, 0.3) is 0 Å². The molecule has 4 aromatic rings. The Morgan fingerprint density at radius 2 is 2.09 bits per heavy atom. The second kappa shape index (κ2) is 8.30. The number of amides is 1. The standard InChI is InChI=1S/C26H24N6O2/c1-17(33)32-14-20-12-31(13-21(20)15-32)16-22-4-2-18-10-23(5-6-24(18)29-22)34-26-7-3-19(11-27-26)25-8-9-28-30-25/h2-12,21H,13-16H2,1H3,(H,28,30). The molecule has 8 nitrogen and oxygen atoms in total. The van der Waals surface area contributed by atoms with Gasteiger partial charge < -0.3 is 14.5 Å². The predicted octanol–water partition coefficient (Wildman–Crippen LogP) is 3.99. The fraction of sp³-hybridized carbons (Fsp3) is 0.231. The fourth-order valence-corrected chi connectivity index (χ4v) is 4.68. The van der Waals surface area contributed by atoms with Crippen molar-refractivity contribution in [1.82, 2.24) is 30.0 Å². The lowest BCUT2D eigenvalue weighted by atomic mass is 10.1. The van der Waals surface area contributed by atoms with E-state index in [0.29, 0.717) is 11.8 Å². The van der Waals surface area contributed by atoms with E-state index in [0.717, 1.165) is 59.8 Å². The molecule has 170 valence electrons. The van der Waals surface area contributed by atoms with Crippen LogP contribution in [0.3, 0.4) is 0 Å². The van der Waals surface area contributed by atoms with Gasteiger partial charge in [-0.2, -0.15) is 5.10 Å². The van der Waals surface area contributed by atoms with Gasteiger partial charge in [-0.1, -0.05) is 6.07 Å². The Kier molecular flexibility index (Phi) is 4.98.